The number of amides is 1. The van der Waals surface area contributed by atoms with E-state index in [9.17, 15) is 4.79 Å². The Hall–Kier alpha value is -4.17. The SMILES string of the molecule is Nc1ccccc1NC(=O)c1ccc(Nc2ncc(-c3cnc4cccc(C5CC5)n34)s2)cc1. The molecule has 0 atom stereocenters. The molecule has 0 saturated heterocycles. The monoisotopic (exact) mass is 466 g/mol. The molecule has 3 aromatic heterocycles. The van der Waals surface area contributed by atoms with Gasteiger partial charge in [0, 0.05) is 23.1 Å². The molecule has 1 saturated carbocycles. The Kier molecular flexibility index (Phi) is 5.00. The van der Waals surface area contributed by atoms with Crippen molar-refractivity contribution in [1.29, 1.82) is 0 Å². The van der Waals surface area contributed by atoms with Crippen LogP contribution in [0.2, 0.25) is 0 Å². The predicted molar refractivity (Wildman–Crippen MR) is 137 cm³/mol. The maximum atomic E-state index is 12.6. The molecule has 2 aromatic carbocycles. The number of nitrogens with zero attached hydrogens (tertiary/aromatic N) is 3. The van der Waals surface area contributed by atoms with E-state index in [-0.39, 0.29) is 5.91 Å². The first kappa shape index (κ1) is 20.4. The molecule has 5 aromatic rings. The second-order valence-electron chi connectivity index (χ2n) is 8.34. The van der Waals surface area contributed by atoms with E-state index in [1.54, 1.807) is 35.6 Å². The van der Waals surface area contributed by atoms with Crippen molar-refractivity contribution in [1.82, 2.24) is 14.4 Å². The van der Waals surface area contributed by atoms with Gasteiger partial charge in [-0.3, -0.25) is 9.20 Å². The Morgan fingerprint density at radius 3 is 2.59 bits per heavy atom. The van der Waals surface area contributed by atoms with Gasteiger partial charge < -0.3 is 16.4 Å². The standard InChI is InChI=1S/C26H22N6OS/c27-19-4-1-2-5-20(19)31-25(33)17-10-12-18(13-11-17)30-26-29-15-23(34-26)22-14-28-24-7-3-6-21(32(22)24)16-8-9-16/h1-7,10-16H,8-9,27H2,(H,29,30)(H,31,33). The van der Waals surface area contributed by atoms with Crippen LogP contribution in [0.4, 0.5) is 22.2 Å². The molecule has 0 bridgehead atoms. The van der Waals surface area contributed by atoms with Crippen molar-refractivity contribution in [2.24, 2.45) is 0 Å². The second kappa shape index (κ2) is 8.31. The van der Waals surface area contributed by atoms with Crippen molar-refractivity contribution in [2.75, 3.05) is 16.4 Å². The number of carbonyl (C=O) groups excluding carboxylic acids is 1. The van der Waals surface area contributed by atoms with Gasteiger partial charge in [0.25, 0.3) is 5.91 Å². The normalized spacial score (nSPS) is 13.2. The highest BCUT2D eigenvalue weighted by molar-refractivity contribution is 7.18. The van der Waals surface area contributed by atoms with Gasteiger partial charge in [0.05, 0.1) is 28.1 Å². The number of hydrogen-bond donors (Lipinski definition) is 3. The van der Waals surface area contributed by atoms with Gasteiger partial charge >= 0.3 is 0 Å². The number of rotatable bonds is 6. The summed E-state index contributed by atoms with van der Waals surface area (Å²) >= 11 is 1.58. The number of para-hydroxylation sites is 2. The topological polar surface area (TPSA) is 97.3 Å². The van der Waals surface area contributed by atoms with Gasteiger partial charge in [-0.05, 0) is 67.3 Å². The molecule has 0 spiro atoms. The first-order valence-electron chi connectivity index (χ1n) is 11.1. The fraction of sp³-hybridized carbons (Fsp3) is 0.115. The van der Waals surface area contributed by atoms with Crippen LogP contribution < -0.4 is 16.4 Å². The molecule has 1 fully saturated rings. The summed E-state index contributed by atoms with van der Waals surface area (Å²) < 4.78 is 2.25. The third-order valence-corrected chi connectivity index (χ3v) is 6.86. The lowest BCUT2D eigenvalue weighted by Gasteiger charge is -2.08. The number of benzene rings is 2. The zero-order chi connectivity index (χ0) is 23.1. The fourth-order valence-electron chi connectivity index (χ4n) is 4.02. The summed E-state index contributed by atoms with van der Waals surface area (Å²) in [5.74, 6) is 0.413. The zero-order valence-electron chi connectivity index (χ0n) is 18.2. The average molecular weight is 467 g/mol. The van der Waals surface area contributed by atoms with Crippen LogP contribution in [0.15, 0.2) is 79.1 Å². The van der Waals surface area contributed by atoms with Crippen LogP contribution in [-0.4, -0.2) is 20.3 Å². The number of nitrogens with one attached hydrogen (secondary N) is 2. The second-order valence-corrected chi connectivity index (χ2v) is 9.37. The third kappa shape index (κ3) is 3.88. The molecule has 7 nitrogen and oxygen atoms in total. The lowest BCUT2D eigenvalue weighted by molar-refractivity contribution is 0.102. The lowest BCUT2D eigenvalue weighted by Crippen LogP contribution is -2.13. The minimum absolute atomic E-state index is 0.208. The fourth-order valence-corrected chi connectivity index (χ4v) is 4.85. The van der Waals surface area contributed by atoms with E-state index in [1.165, 1.54) is 18.5 Å². The maximum absolute atomic E-state index is 12.6. The van der Waals surface area contributed by atoms with Gasteiger partial charge in [0.1, 0.15) is 5.65 Å². The highest BCUT2D eigenvalue weighted by Gasteiger charge is 2.27. The van der Waals surface area contributed by atoms with Crippen LogP contribution in [0.5, 0.6) is 0 Å². The van der Waals surface area contributed by atoms with Crippen LogP contribution in [0.1, 0.15) is 34.8 Å². The molecule has 3 heterocycles. The molecule has 0 unspecified atom stereocenters. The number of nitrogen functional groups attached to an aromatic ring is 1. The van der Waals surface area contributed by atoms with Crippen LogP contribution in [0.3, 0.4) is 0 Å². The van der Waals surface area contributed by atoms with Crippen molar-refractivity contribution < 1.29 is 4.79 Å². The molecule has 1 aliphatic carbocycles. The predicted octanol–water partition coefficient (Wildman–Crippen LogP) is 5.91. The number of imidazole rings is 1. The molecule has 0 radical (unpaired) electrons. The van der Waals surface area contributed by atoms with Gasteiger partial charge in [0.2, 0.25) is 0 Å². The van der Waals surface area contributed by atoms with Crippen molar-refractivity contribution in [3.05, 3.63) is 90.4 Å². The average Bonchev–Trinajstić information content (AvgIpc) is 3.45. The number of fused-ring (bicyclic) bond motifs is 1. The molecule has 1 aliphatic rings. The number of aromatic nitrogens is 3. The van der Waals surface area contributed by atoms with E-state index in [2.05, 4.69) is 37.1 Å². The molecule has 0 aliphatic heterocycles. The Bertz CT molecular complexity index is 1500. The van der Waals surface area contributed by atoms with Crippen LogP contribution >= 0.6 is 11.3 Å². The van der Waals surface area contributed by atoms with E-state index < -0.39 is 0 Å². The van der Waals surface area contributed by atoms with Crippen LogP contribution in [0.25, 0.3) is 16.2 Å². The Balaban J connectivity index is 1.19. The minimum Gasteiger partial charge on any atom is -0.397 e. The summed E-state index contributed by atoms with van der Waals surface area (Å²) in [5, 5.41) is 6.96. The summed E-state index contributed by atoms with van der Waals surface area (Å²) in [5.41, 5.74) is 11.8. The number of anilines is 4. The summed E-state index contributed by atoms with van der Waals surface area (Å²) in [6.07, 6.45) is 6.27. The van der Waals surface area contributed by atoms with Crippen LogP contribution in [-0.2, 0) is 0 Å². The van der Waals surface area contributed by atoms with E-state index in [4.69, 9.17) is 5.73 Å². The zero-order valence-corrected chi connectivity index (χ0v) is 19.0. The van der Waals surface area contributed by atoms with E-state index >= 15 is 0 Å². The van der Waals surface area contributed by atoms with Crippen molar-refractivity contribution in [3.8, 4) is 10.6 Å². The summed E-state index contributed by atoms with van der Waals surface area (Å²) in [7, 11) is 0. The van der Waals surface area contributed by atoms with Gasteiger partial charge in [0.15, 0.2) is 5.13 Å². The minimum atomic E-state index is -0.208. The molecule has 4 N–H and O–H groups in total. The van der Waals surface area contributed by atoms with Gasteiger partial charge in [-0.1, -0.05) is 29.5 Å². The van der Waals surface area contributed by atoms with E-state index in [1.807, 2.05) is 42.7 Å². The van der Waals surface area contributed by atoms with Crippen molar-refractivity contribution >= 4 is 45.1 Å². The molecule has 1 amide bonds. The Morgan fingerprint density at radius 2 is 1.79 bits per heavy atom. The Morgan fingerprint density at radius 1 is 0.971 bits per heavy atom. The first-order chi connectivity index (χ1) is 16.7. The van der Waals surface area contributed by atoms with Gasteiger partial charge in [-0.25, -0.2) is 9.97 Å². The highest BCUT2D eigenvalue weighted by Crippen LogP contribution is 2.42. The Labute approximate surface area is 200 Å². The highest BCUT2D eigenvalue weighted by atomic mass is 32.1. The number of carbonyl (C=O) groups is 1. The van der Waals surface area contributed by atoms with E-state index in [0.717, 1.165) is 27.0 Å². The lowest BCUT2D eigenvalue weighted by atomic mass is 10.2. The largest absolute Gasteiger partial charge is 0.397 e. The number of nitrogens with two attached hydrogens (primary N) is 1. The summed E-state index contributed by atoms with van der Waals surface area (Å²) in [4.78, 5) is 22.8. The quantitative estimate of drug-likeness (QED) is 0.270. The molecule has 34 heavy (non-hydrogen) atoms. The number of hydrogen-bond acceptors (Lipinski definition) is 6. The molecule has 8 heteroatoms. The third-order valence-electron chi connectivity index (χ3n) is 5.92. The van der Waals surface area contributed by atoms with Crippen LogP contribution in [0, 0.1) is 0 Å². The molecule has 6 rings (SSSR count). The van der Waals surface area contributed by atoms with Gasteiger partial charge in [-0.15, -0.1) is 0 Å². The molecular weight excluding hydrogens is 444 g/mol. The first-order valence-corrected chi connectivity index (χ1v) is 11.9. The molecule has 168 valence electrons. The number of pyridine rings is 1. The van der Waals surface area contributed by atoms with E-state index in [0.29, 0.717) is 22.9 Å². The van der Waals surface area contributed by atoms with Crippen molar-refractivity contribution in [2.45, 2.75) is 18.8 Å². The van der Waals surface area contributed by atoms with Gasteiger partial charge in [-0.2, -0.15) is 0 Å². The van der Waals surface area contributed by atoms with Crippen molar-refractivity contribution in [3.63, 3.8) is 0 Å². The molecular formula is C26H22N6OS. The summed E-state index contributed by atoms with van der Waals surface area (Å²) in [6, 6.07) is 20.8. The number of thiazole rings is 1. The maximum Gasteiger partial charge on any atom is 0.255 e. The smallest absolute Gasteiger partial charge is 0.255 e. The summed E-state index contributed by atoms with van der Waals surface area (Å²) in [6.45, 7) is 0.